The maximum atomic E-state index is 12.1. The molecule has 18 heavy (non-hydrogen) atoms. The topological polar surface area (TPSA) is 41.1 Å². The largest absolute Gasteiger partial charge is 0.349 e. The molecule has 2 rings (SSSR count). The molecule has 1 unspecified atom stereocenters. The quantitative estimate of drug-likeness (QED) is 0.897. The van der Waals surface area contributed by atoms with Crippen LogP contribution in [0, 0.1) is 11.8 Å². The molecule has 0 bridgehead atoms. The maximum Gasteiger partial charge on any atom is 0.223 e. The zero-order chi connectivity index (χ0) is 13.1. The number of hydrogen-bond donors (Lipinski definition) is 2. The molecule has 0 aromatic heterocycles. The van der Waals surface area contributed by atoms with Gasteiger partial charge in [-0.2, -0.15) is 0 Å². The molecule has 0 saturated carbocycles. The number of nitrogens with one attached hydrogen (secondary N) is 2. The van der Waals surface area contributed by atoms with E-state index in [1.54, 1.807) is 0 Å². The summed E-state index contributed by atoms with van der Waals surface area (Å²) in [5, 5.41) is 6.29. The Hall–Kier alpha value is -0.870. The van der Waals surface area contributed by atoms with Crippen molar-refractivity contribution in [2.75, 3.05) is 13.1 Å². The lowest BCUT2D eigenvalue weighted by Crippen LogP contribution is -2.49. The van der Waals surface area contributed by atoms with Crippen LogP contribution < -0.4 is 10.6 Å². The summed E-state index contributed by atoms with van der Waals surface area (Å²) in [5.41, 5.74) is 1.13. The highest BCUT2D eigenvalue weighted by molar-refractivity contribution is 9.10. The van der Waals surface area contributed by atoms with Crippen molar-refractivity contribution in [1.82, 2.24) is 10.6 Å². The molecule has 1 aliphatic rings. The molecule has 4 heteroatoms. The first kappa shape index (κ1) is 13.6. The predicted octanol–water partition coefficient (Wildman–Crippen LogP) is 2.48. The highest BCUT2D eigenvalue weighted by Gasteiger charge is 2.29. The number of carbonyl (C=O) groups is 1. The number of amides is 1. The fourth-order valence-corrected chi connectivity index (χ4v) is 2.32. The Balaban J connectivity index is 1.91. The molecule has 1 fully saturated rings. The van der Waals surface area contributed by atoms with E-state index in [0.717, 1.165) is 23.1 Å². The van der Waals surface area contributed by atoms with Crippen molar-refractivity contribution in [2.45, 2.75) is 19.9 Å². The highest BCUT2D eigenvalue weighted by atomic mass is 79.9. The van der Waals surface area contributed by atoms with Crippen molar-refractivity contribution in [3.8, 4) is 0 Å². The standard InChI is InChI=1S/C14H19BrN2O/c1-9(12-7-16-8-12)14(18)17-10(2)11-3-5-13(15)6-4-11/h3-6,9-10,12,16H,7-8H2,1-2H3,(H,17,18)/t9?,10-/m1/s1. The van der Waals surface area contributed by atoms with Gasteiger partial charge < -0.3 is 10.6 Å². The fraction of sp³-hybridized carbons (Fsp3) is 0.500. The molecule has 1 aromatic carbocycles. The van der Waals surface area contributed by atoms with Crippen LogP contribution in [0.15, 0.2) is 28.7 Å². The Morgan fingerprint density at radius 1 is 1.33 bits per heavy atom. The van der Waals surface area contributed by atoms with Crippen LogP contribution >= 0.6 is 15.9 Å². The van der Waals surface area contributed by atoms with E-state index >= 15 is 0 Å². The van der Waals surface area contributed by atoms with Crippen molar-refractivity contribution in [3.63, 3.8) is 0 Å². The molecule has 1 heterocycles. The normalized spacial score (nSPS) is 18.8. The Labute approximate surface area is 116 Å². The third-order valence-electron chi connectivity index (χ3n) is 3.66. The van der Waals surface area contributed by atoms with E-state index in [1.165, 1.54) is 0 Å². The first-order valence-corrected chi connectivity index (χ1v) is 7.14. The molecule has 98 valence electrons. The summed E-state index contributed by atoms with van der Waals surface area (Å²) in [6.07, 6.45) is 0. The number of benzene rings is 1. The summed E-state index contributed by atoms with van der Waals surface area (Å²) in [5.74, 6) is 0.725. The SMILES string of the molecule is CC(C(=O)N[C@H](C)c1ccc(Br)cc1)C1CNC1. The van der Waals surface area contributed by atoms with E-state index in [-0.39, 0.29) is 17.9 Å². The fourth-order valence-electron chi connectivity index (χ4n) is 2.06. The molecule has 0 radical (unpaired) electrons. The van der Waals surface area contributed by atoms with Gasteiger partial charge in [0, 0.05) is 10.4 Å². The number of halogens is 1. The Morgan fingerprint density at radius 3 is 2.44 bits per heavy atom. The Morgan fingerprint density at radius 2 is 1.94 bits per heavy atom. The van der Waals surface area contributed by atoms with Gasteiger partial charge >= 0.3 is 0 Å². The maximum absolute atomic E-state index is 12.1. The van der Waals surface area contributed by atoms with Crippen molar-refractivity contribution >= 4 is 21.8 Å². The van der Waals surface area contributed by atoms with Gasteiger partial charge in [-0.3, -0.25) is 4.79 Å². The monoisotopic (exact) mass is 310 g/mol. The Bertz CT molecular complexity index is 414. The van der Waals surface area contributed by atoms with Crippen LogP contribution in [0.4, 0.5) is 0 Å². The van der Waals surface area contributed by atoms with E-state index in [4.69, 9.17) is 0 Å². The van der Waals surface area contributed by atoms with Gasteiger partial charge in [0.1, 0.15) is 0 Å². The van der Waals surface area contributed by atoms with Crippen LogP contribution in [0.25, 0.3) is 0 Å². The van der Waals surface area contributed by atoms with Crippen LogP contribution in [0.2, 0.25) is 0 Å². The van der Waals surface area contributed by atoms with E-state index in [0.29, 0.717) is 5.92 Å². The van der Waals surface area contributed by atoms with E-state index < -0.39 is 0 Å². The summed E-state index contributed by atoms with van der Waals surface area (Å²) in [6, 6.07) is 8.12. The lowest BCUT2D eigenvalue weighted by Gasteiger charge is -2.32. The first-order chi connectivity index (χ1) is 8.58. The van der Waals surface area contributed by atoms with E-state index in [2.05, 4.69) is 26.6 Å². The van der Waals surface area contributed by atoms with Crippen molar-refractivity contribution in [3.05, 3.63) is 34.3 Å². The minimum Gasteiger partial charge on any atom is -0.349 e. The lowest BCUT2D eigenvalue weighted by molar-refractivity contribution is -0.127. The summed E-state index contributed by atoms with van der Waals surface area (Å²) in [6.45, 7) is 5.95. The minimum atomic E-state index is 0.0566. The highest BCUT2D eigenvalue weighted by Crippen LogP contribution is 2.20. The van der Waals surface area contributed by atoms with Gasteiger partial charge in [-0.05, 0) is 43.6 Å². The number of hydrogen-bond acceptors (Lipinski definition) is 2. The average Bonchev–Trinajstić information content (AvgIpc) is 2.27. The van der Waals surface area contributed by atoms with Crippen LogP contribution in [-0.4, -0.2) is 19.0 Å². The average molecular weight is 311 g/mol. The molecule has 0 aliphatic carbocycles. The van der Waals surface area contributed by atoms with Crippen LogP contribution in [0.3, 0.4) is 0 Å². The first-order valence-electron chi connectivity index (χ1n) is 6.34. The molecule has 3 nitrogen and oxygen atoms in total. The molecule has 1 aliphatic heterocycles. The van der Waals surface area contributed by atoms with Crippen molar-refractivity contribution in [1.29, 1.82) is 0 Å². The van der Waals surface area contributed by atoms with Gasteiger partial charge in [0.05, 0.1) is 6.04 Å². The van der Waals surface area contributed by atoms with Gasteiger partial charge in [0.15, 0.2) is 0 Å². The van der Waals surface area contributed by atoms with E-state index in [1.807, 2.05) is 38.1 Å². The van der Waals surface area contributed by atoms with Gasteiger partial charge in [-0.1, -0.05) is 35.0 Å². The second-order valence-electron chi connectivity index (χ2n) is 4.99. The molecule has 1 saturated heterocycles. The number of rotatable bonds is 4. The minimum absolute atomic E-state index is 0.0566. The molecular formula is C14H19BrN2O. The lowest BCUT2D eigenvalue weighted by atomic mass is 9.88. The molecule has 0 spiro atoms. The van der Waals surface area contributed by atoms with Gasteiger partial charge in [-0.25, -0.2) is 0 Å². The van der Waals surface area contributed by atoms with Crippen molar-refractivity contribution < 1.29 is 4.79 Å². The summed E-state index contributed by atoms with van der Waals surface area (Å²) >= 11 is 3.41. The zero-order valence-corrected chi connectivity index (χ0v) is 12.3. The van der Waals surface area contributed by atoms with Gasteiger partial charge in [-0.15, -0.1) is 0 Å². The second kappa shape index (κ2) is 5.85. The molecule has 2 atom stereocenters. The van der Waals surface area contributed by atoms with Crippen LogP contribution in [0.1, 0.15) is 25.5 Å². The third kappa shape index (κ3) is 3.12. The predicted molar refractivity (Wildman–Crippen MR) is 76.2 cm³/mol. The van der Waals surface area contributed by atoms with Crippen molar-refractivity contribution in [2.24, 2.45) is 11.8 Å². The Kier molecular flexibility index (Phi) is 4.40. The smallest absolute Gasteiger partial charge is 0.223 e. The molecule has 1 amide bonds. The van der Waals surface area contributed by atoms with Gasteiger partial charge in [0.25, 0.3) is 0 Å². The van der Waals surface area contributed by atoms with Gasteiger partial charge in [0.2, 0.25) is 5.91 Å². The number of carbonyl (C=O) groups excluding carboxylic acids is 1. The second-order valence-corrected chi connectivity index (χ2v) is 5.90. The summed E-state index contributed by atoms with van der Waals surface area (Å²) in [7, 11) is 0. The summed E-state index contributed by atoms with van der Waals surface area (Å²) in [4.78, 5) is 12.1. The summed E-state index contributed by atoms with van der Waals surface area (Å²) < 4.78 is 1.05. The van der Waals surface area contributed by atoms with E-state index in [9.17, 15) is 4.79 Å². The molecular weight excluding hydrogens is 292 g/mol. The zero-order valence-electron chi connectivity index (χ0n) is 10.7. The molecule has 1 aromatic rings. The van der Waals surface area contributed by atoms with Crippen LogP contribution in [-0.2, 0) is 4.79 Å². The third-order valence-corrected chi connectivity index (χ3v) is 4.19. The van der Waals surface area contributed by atoms with Crippen LogP contribution in [0.5, 0.6) is 0 Å². The molecule has 2 N–H and O–H groups in total.